The molecule has 4 N–H and O–H groups in total. The first-order valence-electron chi connectivity index (χ1n) is 8.26. The van der Waals surface area contributed by atoms with E-state index >= 15 is 0 Å². The maximum absolute atomic E-state index is 12.4. The van der Waals surface area contributed by atoms with Crippen LogP contribution >= 0.6 is 0 Å². The first-order chi connectivity index (χ1) is 12.6. The summed E-state index contributed by atoms with van der Waals surface area (Å²) in [5.74, 6) is -0.723. The zero-order valence-electron chi connectivity index (χ0n) is 14.5. The lowest BCUT2D eigenvalue weighted by atomic mass is 10.1. The molecule has 2 aromatic rings. The molecule has 0 heterocycles. The summed E-state index contributed by atoms with van der Waals surface area (Å²) in [6.07, 6.45) is 0.733. The Morgan fingerprint density at radius 1 is 0.923 bits per heavy atom. The average molecular weight is 354 g/mol. The van der Waals surface area contributed by atoms with E-state index < -0.39 is 11.9 Å². The van der Waals surface area contributed by atoms with E-state index in [0.29, 0.717) is 17.8 Å². The Bertz CT molecular complexity index is 762. The summed E-state index contributed by atoms with van der Waals surface area (Å²) < 4.78 is 0. The average Bonchev–Trinajstić information content (AvgIpc) is 2.67. The monoisotopic (exact) mass is 354 g/mol. The van der Waals surface area contributed by atoms with Crippen molar-refractivity contribution in [2.24, 2.45) is 0 Å². The van der Waals surface area contributed by atoms with Gasteiger partial charge in [-0.25, -0.2) is 4.79 Å². The van der Waals surface area contributed by atoms with E-state index in [2.05, 4.69) is 21.3 Å². The minimum absolute atomic E-state index is 0.123. The maximum Gasteiger partial charge on any atom is 0.321 e. The van der Waals surface area contributed by atoms with E-state index in [0.717, 1.165) is 12.0 Å². The van der Waals surface area contributed by atoms with E-state index in [9.17, 15) is 14.4 Å². The van der Waals surface area contributed by atoms with Crippen molar-refractivity contribution in [1.29, 1.82) is 0 Å². The summed E-state index contributed by atoms with van der Waals surface area (Å²) in [5.41, 5.74) is 2.11. The van der Waals surface area contributed by atoms with Gasteiger partial charge in [0.25, 0.3) is 5.91 Å². The van der Waals surface area contributed by atoms with Crippen molar-refractivity contribution in [3.8, 4) is 0 Å². The smallest absolute Gasteiger partial charge is 0.321 e. The predicted octanol–water partition coefficient (Wildman–Crippen LogP) is 1.53. The van der Waals surface area contributed by atoms with Gasteiger partial charge in [-0.3, -0.25) is 14.9 Å². The van der Waals surface area contributed by atoms with Crippen molar-refractivity contribution in [3.05, 3.63) is 65.7 Å². The van der Waals surface area contributed by atoms with Crippen LogP contribution < -0.4 is 21.3 Å². The zero-order valence-corrected chi connectivity index (χ0v) is 14.5. The number of hydrogen-bond acceptors (Lipinski definition) is 4. The lowest BCUT2D eigenvalue weighted by molar-refractivity contribution is -0.118. The van der Waals surface area contributed by atoms with Gasteiger partial charge in [-0.15, -0.1) is 0 Å². The number of carbonyl (C=O) groups is 3. The van der Waals surface area contributed by atoms with Crippen LogP contribution in [0.15, 0.2) is 54.6 Å². The Kier molecular flexibility index (Phi) is 7.17. The van der Waals surface area contributed by atoms with Crippen molar-refractivity contribution in [1.82, 2.24) is 16.0 Å². The minimum atomic E-state index is -0.580. The van der Waals surface area contributed by atoms with Crippen LogP contribution in [0, 0.1) is 0 Å². The van der Waals surface area contributed by atoms with Crippen LogP contribution in [-0.4, -0.2) is 38.0 Å². The number of para-hydroxylation sites is 1. The summed E-state index contributed by atoms with van der Waals surface area (Å²) in [5, 5.41) is 10.2. The topological polar surface area (TPSA) is 99.3 Å². The molecule has 0 radical (unpaired) electrons. The van der Waals surface area contributed by atoms with E-state index in [4.69, 9.17) is 0 Å². The number of nitrogens with one attached hydrogen (secondary N) is 4. The molecule has 4 amide bonds. The molecule has 0 aliphatic carbocycles. The molecule has 0 saturated carbocycles. The van der Waals surface area contributed by atoms with Gasteiger partial charge in [-0.1, -0.05) is 42.5 Å². The minimum Gasteiger partial charge on any atom is -0.375 e. The number of benzene rings is 2. The fourth-order valence-corrected chi connectivity index (χ4v) is 2.30. The van der Waals surface area contributed by atoms with Gasteiger partial charge in [0.05, 0.1) is 12.1 Å². The molecule has 7 heteroatoms. The highest BCUT2D eigenvalue weighted by Crippen LogP contribution is 2.14. The van der Waals surface area contributed by atoms with Gasteiger partial charge in [0, 0.05) is 19.3 Å². The molecule has 2 aromatic carbocycles. The van der Waals surface area contributed by atoms with Gasteiger partial charge in [0.1, 0.15) is 0 Å². The van der Waals surface area contributed by atoms with Crippen LogP contribution in [0.3, 0.4) is 0 Å². The second-order valence-electron chi connectivity index (χ2n) is 5.52. The number of amides is 4. The van der Waals surface area contributed by atoms with Gasteiger partial charge < -0.3 is 16.0 Å². The molecule has 0 saturated heterocycles. The molecule has 0 atom stereocenters. The van der Waals surface area contributed by atoms with Crippen molar-refractivity contribution in [2.45, 2.75) is 6.42 Å². The van der Waals surface area contributed by atoms with Crippen LogP contribution in [0.25, 0.3) is 0 Å². The molecular formula is C19H22N4O3. The number of imide groups is 1. The Labute approximate surface area is 152 Å². The van der Waals surface area contributed by atoms with E-state index in [1.807, 2.05) is 30.3 Å². The Hall–Kier alpha value is -3.35. The summed E-state index contributed by atoms with van der Waals surface area (Å²) in [6.45, 7) is 0.385. The van der Waals surface area contributed by atoms with Gasteiger partial charge in [0.15, 0.2) is 0 Å². The fraction of sp³-hybridized carbons (Fsp3) is 0.211. The van der Waals surface area contributed by atoms with Crippen molar-refractivity contribution < 1.29 is 14.4 Å². The predicted molar refractivity (Wildman–Crippen MR) is 100 cm³/mol. The van der Waals surface area contributed by atoms with Crippen molar-refractivity contribution in [3.63, 3.8) is 0 Å². The Morgan fingerprint density at radius 3 is 2.35 bits per heavy atom. The van der Waals surface area contributed by atoms with Crippen LogP contribution in [0.5, 0.6) is 0 Å². The zero-order chi connectivity index (χ0) is 18.8. The summed E-state index contributed by atoms with van der Waals surface area (Å²) in [7, 11) is 1.42. The normalized spacial score (nSPS) is 9.88. The van der Waals surface area contributed by atoms with E-state index in [1.165, 1.54) is 7.05 Å². The first kappa shape index (κ1) is 19.0. The molecule has 2 rings (SSSR count). The highest BCUT2D eigenvalue weighted by atomic mass is 16.2. The summed E-state index contributed by atoms with van der Waals surface area (Å²) in [6, 6.07) is 16.2. The Balaban J connectivity index is 1.89. The summed E-state index contributed by atoms with van der Waals surface area (Å²) >= 11 is 0. The Morgan fingerprint density at radius 2 is 1.62 bits per heavy atom. The lowest BCUT2D eigenvalue weighted by Crippen LogP contribution is -2.40. The van der Waals surface area contributed by atoms with Gasteiger partial charge in [-0.2, -0.15) is 0 Å². The summed E-state index contributed by atoms with van der Waals surface area (Å²) in [4.78, 5) is 35.2. The molecule has 0 unspecified atom stereocenters. The largest absolute Gasteiger partial charge is 0.375 e. The van der Waals surface area contributed by atoms with Gasteiger partial charge in [-0.05, 0) is 24.1 Å². The van der Waals surface area contributed by atoms with Gasteiger partial charge in [0.2, 0.25) is 5.91 Å². The van der Waals surface area contributed by atoms with Crippen LogP contribution in [0.1, 0.15) is 15.9 Å². The van der Waals surface area contributed by atoms with Crippen LogP contribution in [0.2, 0.25) is 0 Å². The SMILES string of the molecule is CNC(=O)NC(=O)CNc1ccccc1C(=O)NCCc1ccccc1. The van der Waals surface area contributed by atoms with Crippen molar-refractivity contribution in [2.75, 3.05) is 25.5 Å². The number of rotatable bonds is 7. The van der Waals surface area contributed by atoms with Crippen LogP contribution in [-0.2, 0) is 11.2 Å². The van der Waals surface area contributed by atoms with E-state index in [-0.39, 0.29) is 12.5 Å². The highest BCUT2D eigenvalue weighted by Gasteiger charge is 2.12. The van der Waals surface area contributed by atoms with Gasteiger partial charge >= 0.3 is 6.03 Å². The molecule has 136 valence electrons. The third-order valence-electron chi connectivity index (χ3n) is 3.63. The second kappa shape index (κ2) is 9.83. The van der Waals surface area contributed by atoms with E-state index in [1.54, 1.807) is 24.3 Å². The first-order valence-corrected chi connectivity index (χ1v) is 8.26. The maximum atomic E-state index is 12.4. The molecule has 0 fully saturated rings. The molecule has 26 heavy (non-hydrogen) atoms. The van der Waals surface area contributed by atoms with Crippen molar-refractivity contribution >= 4 is 23.5 Å². The highest BCUT2D eigenvalue weighted by molar-refractivity contribution is 6.01. The number of urea groups is 1. The molecule has 7 nitrogen and oxygen atoms in total. The molecule has 0 aromatic heterocycles. The third kappa shape index (κ3) is 5.94. The molecule has 0 bridgehead atoms. The third-order valence-corrected chi connectivity index (χ3v) is 3.63. The van der Waals surface area contributed by atoms with Crippen LogP contribution in [0.4, 0.5) is 10.5 Å². The quantitative estimate of drug-likeness (QED) is 0.606. The molecule has 0 aliphatic heterocycles. The number of carbonyl (C=O) groups excluding carboxylic acids is 3. The number of anilines is 1. The fourth-order valence-electron chi connectivity index (χ4n) is 2.30. The molecule has 0 aliphatic rings. The lowest BCUT2D eigenvalue weighted by Gasteiger charge is -2.12. The molecular weight excluding hydrogens is 332 g/mol. The number of hydrogen-bond donors (Lipinski definition) is 4. The standard InChI is InChI=1S/C19H22N4O3/c1-20-19(26)23-17(24)13-22-16-10-6-5-9-15(16)18(25)21-12-11-14-7-3-2-4-8-14/h2-10,22H,11-13H2,1H3,(H,21,25)(H2,20,23,24,26). The molecule has 0 spiro atoms. The second-order valence-corrected chi connectivity index (χ2v) is 5.52.